The topological polar surface area (TPSA) is 62.7 Å². The number of aromatic nitrogens is 1. The average Bonchev–Trinajstić information content (AvgIpc) is 2.31. The Morgan fingerprint density at radius 2 is 2.40 bits per heavy atom. The van der Waals surface area contributed by atoms with Crippen LogP contribution < -0.4 is 5.73 Å². The number of nitrogens with zero attached hydrogens (tertiary/aromatic N) is 2. The predicted molar refractivity (Wildman–Crippen MR) is 55.5 cm³/mol. The molecule has 0 bridgehead atoms. The zero-order valence-electron chi connectivity index (χ0n) is 8.28. The van der Waals surface area contributed by atoms with Crippen LogP contribution in [-0.2, 0) is 6.42 Å². The molecular formula is C11H12FN3. The van der Waals surface area contributed by atoms with E-state index in [9.17, 15) is 4.39 Å². The third-order valence-electron chi connectivity index (χ3n) is 2.09. The van der Waals surface area contributed by atoms with E-state index in [1.807, 2.05) is 12.1 Å². The molecule has 15 heavy (non-hydrogen) atoms. The highest BCUT2D eigenvalue weighted by atomic mass is 19.1. The Balaban J connectivity index is 2.55. The number of aryl methyl sites for hydroxylation is 1. The minimum Gasteiger partial charge on any atom is -0.327 e. The Kier molecular flexibility index (Phi) is 4.45. The number of rotatable bonds is 4. The predicted octanol–water partition coefficient (Wildman–Crippen LogP) is 1.70. The summed E-state index contributed by atoms with van der Waals surface area (Å²) in [4.78, 5) is 3.92. The van der Waals surface area contributed by atoms with Crippen LogP contribution in [0.4, 0.5) is 4.39 Å². The molecular weight excluding hydrogens is 193 g/mol. The number of halogens is 1. The zero-order chi connectivity index (χ0) is 11.1. The van der Waals surface area contributed by atoms with E-state index in [2.05, 4.69) is 4.98 Å². The van der Waals surface area contributed by atoms with Crippen molar-refractivity contribution >= 4 is 0 Å². The SMILES string of the molecule is N#Cc1ccc(CC/C(=C\F)CN)cn1. The highest BCUT2D eigenvalue weighted by Gasteiger charge is 1.98. The van der Waals surface area contributed by atoms with Gasteiger partial charge in [-0.3, -0.25) is 0 Å². The maximum absolute atomic E-state index is 12.2. The first-order chi connectivity index (χ1) is 7.30. The molecule has 4 heteroatoms. The van der Waals surface area contributed by atoms with Crippen LogP contribution in [0.15, 0.2) is 30.2 Å². The van der Waals surface area contributed by atoms with Crippen molar-refractivity contribution in [2.75, 3.05) is 6.54 Å². The highest BCUT2D eigenvalue weighted by molar-refractivity contribution is 5.23. The van der Waals surface area contributed by atoms with Crippen molar-refractivity contribution in [3.63, 3.8) is 0 Å². The lowest BCUT2D eigenvalue weighted by Crippen LogP contribution is -2.03. The summed E-state index contributed by atoms with van der Waals surface area (Å²) >= 11 is 0. The van der Waals surface area contributed by atoms with Gasteiger partial charge in [-0.15, -0.1) is 0 Å². The Labute approximate surface area is 88.0 Å². The van der Waals surface area contributed by atoms with Gasteiger partial charge in [0.25, 0.3) is 0 Å². The largest absolute Gasteiger partial charge is 0.327 e. The molecule has 0 aromatic carbocycles. The summed E-state index contributed by atoms with van der Waals surface area (Å²) < 4.78 is 12.2. The number of nitriles is 1. The van der Waals surface area contributed by atoms with Crippen LogP contribution in [-0.4, -0.2) is 11.5 Å². The van der Waals surface area contributed by atoms with E-state index < -0.39 is 0 Å². The van der Waals surface area contributed by atoms with E-state index in [0.29, 0.717) is 30.4 Å². The molecule has 0 aliphatic rings. The number of pyridine rings is 1. The Morgan fingerprint density at radius 1 is 1.60 bits per heavy atom. The lowest BCUT2D eigenvalue weighted by atomic mass is 10.1. The third kappa shape index (κ3) is 3.49. The van der Waals surface area contributed by atoms with Gasteiger partial charge in [0.05, 0.1) is 6.33 Å². The van der Waals surface area contributed by atoms with Crippen LogP contribution in [0.5, 0.6) is 0 Å². The number of nitrogens with two attached hydrogens (primary N) is 1. The van der Waals surface area contributed by atoms with E-state index >= 15 is 0 Å². The van der Waals surface area contributed by atoms with Crippen LogP contribution in [0.25, 0.3) is 0 Å². The summed E-state index contributed by atoms with van der Waals surface area (Å²) in [6.07, 6.45) is 3.45. The molecule has 0 radical (unpaired) electrons. The van der Waals surface area contributed by atoms with E-state index in [-0.39, 0.29) is 6.54 Å². The smallest absolute Gasteiger partial charge is 0.140 e. The minimum atomic E-state index is 0.236. The van der Waals surface area contributed by atoms with Crippen molar-refractivity contribution < 1.29 is 4.39 Å². The van der Waals surface area contributed by atoms with Gasteiger partial charge in [-0.05, 0) is 30.0 Å². The van der Waals surface area contributed by atoms with Gasteiger partial charge in [-0.2, -0.15) is 5.26 Å². The molecule has 0 aliphatic carbocycles. The molecule has 0 unspecified atom stereocenters. The second-order valence-electron chi connectivity index (χ2n) is 3.13. The second-order valence-corrected chi connectivity index (χ2v) is 3.13. The summed E-state index contributed by atoms with van der Waals surface area (Å²) in [5.74, 6) is 0. The van der Waals surface area contributed by atoms with Crippen LogP contribution in [0, 0.1) is 11.3 Å². The maximum atomic E-state index is 12.2. The van der Waals surface area contributed by atoms with Gasteiger partial charge in [0.2, 0.25) is 0 Å². The van der Waals surface area contributed by atoms with Gasteiger partial charge >= 0.3 is 0 Å². The van der Waals surface area contributed by atoms with Crippen molar-refractivity contribution in [2.24, 2.45) is 5.73 Å². The van der Waals surface area contributed by atoms with Crippen molar-refractivity contribution in [3.05, 3.63) is 41.5 Å². The fraction of sp³-hybridized carbons (Fsp3) is 0.273. The molecule has 2 N–H and O–H groups in total. The molecule has 0 saturated heterocycles. The molecule has 1 aromatic heterocycles. The summed E-state index contributed by atoms with van der Waals surface area (Å²) in [6, 6.07) is 5.41. The van der Waals surface area contributed by atoms with Crippen molar-refractivity contribution in [2.45, 2.75) is 12.8 Å². The molecule has 3 nitrogen and oxygen atoms in total. The van der Waals surface area contributed by atoms with Gasteiger partial charge in [0.15, 0.2) is 0 Å². The Bertz CT molecular complexity index is 376. The van der Waals surface area contributed by atoms with E-state index in [1.165, 1.54) is 0 Å². The lowest BCUT2D eigenvalue weighted by molar-refractivity contribution is 0.692. The molecule has 0 amide bonds. The Morgan fingerprint density at radius 3 is 2.87 bits per heavy atom. The first kappa shape index (κ1) is 11.3. The molecule has 78 valence electrons. The van der Waals surface area contributed by atoms with Gasteiger partial charge < -0.3 is 5.73 Å². The van der Waals surface area contributed by atoms with Crippen LogP contribution in [0.3, 0.4) is 0 Å². The highest BCUT2D eigenvalue weighted by Crippen LogP contribution is 2.08. The summed E-state index contributed by atoms with van der Waals surface area (Å²) in [6.45, 7) is 0.236. The van der Waals surface area contributed by atoms with Crippen molar-refractivity contribution in [3.8, 4) is 6.07 Å². The maximum Gasteiger partial charge on any atom is 0.140 e. The van der Waals surface area contributed by atoms with Gasteiger partial charge in [0.1, 0.15) is 11.8 Å². The fourth-order valence-corrected chi connectivity index (χ4v) is 1.14. The van der Waals surface area contributed by atoms with E-state index in [0.717, 1.165) is 5.56 Å². The third-order valence-corrected chi connectivity index (χ3v) is 2.09. The standard InChI is InChI=1S/C11H12FN3/c12-5-10(6-13)2-1-9-3-4-11(7-14)15-8-9/h3-5,8H,1-2,6,13H2/b10-5+. The lowest BCUT2D eigenvalue weighted by Gasteiger charge is -2.02. The number of hydrogen-bond donors (Lipinski definition) is 1. The second kappa shape index (κ2) is 5.89. The first-order valence-corrected chi connectivity index (χ1v) is 4.63. The average molecular weight is 205 g/mol. The van der Waals surface area contributed by atoms with Gasteiger partial charge in [-0.25, -0.2) is 9.37 Å². The van der Waals surface area contributed by atoms with Gasteiger partial charge in [-0.1, -0.05) is 6.07 Å². The molecule has 1 heterocycles. The molecule has 0 saturated carbocycles. The normalized spacial score (nSPS) is 11.1. The molecule has 0 aliphatic heterocycles. The van der Waals surface area contributed by atoms with Crippen LogP contribution in [0.2, 0.25) is 0 Å². The monoisotopic (exact) mass is 205 g/mol. The van der Waals surface area contributed by atoms with E-state index in [1.54, 1.807) is 12.3 Å². The van der Waals surface area contributed by atoms with Crippen LogP contribution in [0.1, 0.15) is 17.7 Å². The summed E-state index contributed by atoms with van der Waals surface area (Å²) in [7, 11) is 0. The molecule has 1 aromatic rings. The quantitative estimate of drug-likeness (QED) is 0.813. The van der Waals surface area contributed by atoms with Gasteiger partial charge in [0, 0.05) is 12.7 Å². The molecule has 0 fully saturated rings. The summed E-state index contributed by atoms with van der Waals surface area (Å²) in [5.41, 5.74) is 7.27. The molecule has 1 rings (SSSR count). The number of hydrogen-bond acceptors (Lipinski definition) is 3. The van der Waals surface area contributed by atoms with Crippen molar-refractivity contribution in [1.29, 1.82) is 5.26 Å². The Hall–Kier alpha value is -1.73. The van der Waals surface area contributed by atoms with Crippen LogP contribution >= 0.6 is 0 Å². The van der Waals surface area contributed by atoms with E-state index in [4.69, 9.17) is 11.0 Å². The molecule has 0 atom stereocenters. The molecule has 0 spiro atoms. The van der Waals surface area contributed by atoms with Crippen molar-refractivity contribution in [1.82, 2.24) is 4.98 Å². The minimum absolute atomic E-state index is 0.236. The fourth-order valence-electron chi connectivity index (χ4n) is 1.14. The zero-order valence-corrected chi connectivity index (χ0v) is 8.28. The summed E-state index contributed by atoms with van der Waals surface area (Å²) in [5, 5.41) is 8.53. The first-order valence-electron chi connectivity index (χ1n) is 4.63.